The average molecular weight is 556 g/mol. The lowest BCUT2D eigenvalue weighted by molar-refractivity contribution is -0.163. The summed E-state index contributed by atoms with van der Waals surface area (Å²) in [6.45, 7) is 8.13. The number of aliphatic hydroxyl groups excluding tert-OH is 1. The second-order valence-electron chi connectivity index (χ2n) is 12.0. The van der Waals surface area contributed by atoms with Gasteiger partial charge in [0.15, 0.2) is 5.60 Å². The Labute approximate surface area is 235 Å². The van der Waals surface area contributed by atoms with Crippen LogP contribution in [0.25, 0.3) is 11.8 Å². The molecule has 0 saturated heterocycles. The van der Waals surface area contributed by atoms with Crippen molar-refractivity contribution in [1.82, 2.24) is 14.9 Å². The van der Waals surface area contributed by atoms with E-state index in [1.807, 2.05) is 0 Å². The van der Waals surface area contributed by atoms with Gasteiger partial charge in [0.25, 0.3) is 0 Å². The fourth-order valence-electron chi connectivity index (χ4n) is 6.25. The Morgan fingerprint density at radius 2 is 1.95 bits per heavy atom. The van der Waals surface area contributed by atoms with Gasteiger partial charge < -0.3 is 24.8 Å². The summed E-state index contributed by atoms with van der Waals surface area (Å²) in [7, 11) is -1.48. The number of cyclic esters (lactones) is 1. The third-order valence-electron chi connectivity index (χ3n) is 8.74. The molecule has 208 valence electrons. The summed E-state index contributed by atoms with van der Waals surface area (Å²) in [6, 6.07) is 18.2. The Balaban J connectivity index is 1.25. The number of imidazole rings is 1. The maximum absolute atomic E-state index is 12.4. The lowest BCUT2D eigenvalue weighted by Crippen LogP contribution is -2.49. The largest absolute Gasteiger partial charge is 0.505 e. The van der Waals surface area contributed by atoms with E-state index < -0.39 is 19.6 Å². The second-order valence-corrected chi connectivity index (χ2v) is 17.2. The maximum atomic E-state index is 12.4. The molecule has 1 aromatic heterocycles. The summed E-state index contributed by atoms with van der Waals surface area (Å²) in [5, 5.41) is 26.8. The molecule has 0 saturated carbocycles. The Hall–Kier alpha value is -3.46. The number of aryl methyl sites for hydroxylation is 1. The van der Waals surface area contributed by atoms with Crippen LogP contribution in [0.4, 0.5) is 0 Å². The van der Waals surface area contributed by atoms with Crippen LogP contribution in [0.2, 0.25) is 19.1 Å². The third kappa shape index (κ3) is 4.64. The van der Waals surface area contributed by atoms with E-state index in [2.05, 4.69) is 77.6 Å². The Bertz CT molecular complexity index is 1640. The number of nitrogens with one attached hydrogen (secondary N) is 1. The van der Waals surface area contributed by atoms with Crippen molar-refractivity contribution in [2.24, 2.45) is 0 Å². The molecule has 40 heavy (non-hydrogen) atoms. The molecule has 2 aromatic carbocycles. The van der Waals surface area contributed by atoms with Crippen molar-refractivity contribution in [3.05, 3.63) is 98.5 Å². The summed E-state index contributed by atoms with van der Waals surface area (Å²) < 4.78 is 7.36. The summed E-state index contributed by atoms with van der Waals surface area (Å²) >= 11 is 0. The molecule has 0 radical (unpaired) electrons. The smallest absolute Gasteiger partial charge is 0.342 e. The highest BCUT2D eigenvalue weighted by atomic mass is 28.3. The molecule has 0 bridgehead atoms. The van der Waals surface area contributed by atoms with Crippen LogP contribution in [0, 0.1) is 0 Å². The number of nitrogens with zero attached hydrogens (tertiary/aromatic N) is 2. The number of fused-ring (bicyclic) bond motifs is 4. The molecule has 3 aromatic rings. The summed E-state index contributed by atoms with van der Waals surface area (Å²) in [4.78, 5) is 17.3. The number of hydrogen-bond donors (Lipinski definition) is 3. The third-order valence-corrected chi connectivity index (χ3v) is 11.6. The zero-order chi connectivity index (χ0) is 28.1. The first-order valence-electron chi connectivity index (χ1n) is 14.2. The fourth-order valence-corrected chi connectivity index (χ4v) is 8.17. The van der Waals surface area contributed by atoms with Gasteiger partial charge in [0.2, 0.25) is 0 Å². The molecule has 3 aliphatic rings. The van der Waals surface area contributed by atoms with Crippen molar-refractivity contribution in [3.8, 4) is 0 Å². The lowest BCUT2D eigenvalue weighted by atomic mass is 9.80. The Kier molecular flexibility index (Phi) is 6.80. The SMILES string of the molecule is CC[C@@]1(O)C(=O)OCC2=C1Cc1nc3n(c1=C2O)Cc1c(cccc1CC[Si](C)(C)CNCc1ccccc1)C=3. The molecule has 0 amide bonds. The zero-order valence-corrected chi connectivity index (χ0v) is 24.5. The molecule has 1 aliphatic carbocycles. The molecule has 8 heteroatoms. The number of ether oxygens (including phenoxy) is 1. The van der Waals surface area contributed by atoms with Crippen LogP contribution in [-0.2, 0) is 35.5 Å². The molecule has 0 fully saturated rings. The first kappa shape index (κ1) is 26.7. The molecule has 7 nitrogen and oxygen atoms in total. The van der Waals surface area contributed by atoms with Gasteiger partial charge in [0.05, 0.1) is 20.3 Å². The highest BCUT2D eigenvalue weighted by molar-refractivity contribution is 6.77. The minimum Gasteiger partial charge on any atom is -0.505 e. The van der Waals surface area contributed by atoms with Crippen molar-refractivity contribution in [2.45, 2.75) is 64.0 Å². The van der Waals surface area contributed by atoms with Gasteiger partial charge in [-0.2, -0.15) is 0 Å². The van der Waals surface area contributed by atoms with Gasteiger partial charge in [0, 0.05) is 18.5 Å². The van der Waals surface area contributed by atoms with Crippen molar-refractivity contribution in [3.63, 3.8) is 0 Å². The summed E-state index contributed by atoms with van der Waals surface area (Å²) in [5.41, 5.74) is 5.85. The summed E-state index contributed by atoms with van der Waals surface area (Å²) in [5.74, 6) is -0.596. The van der Waals surface area contributed by atoms with E-state index in [4.69, 9.17) is 9.72 Å². The van der Waals surface area contributed by atoms with E-state index in [0.717, 1.165) is 30.2 Å². The van der Waals surface area contributed by atoms with Crippen LogP contribution < -0.4 is 16.1 Å². The van der Waals surface area contributed by atoms with E-state index >= 15 is 0 Å². The number of aliphatic hydroxyl groups is 2. The van der Waals surface area contributed by atoms with Gasteiger partial charge in [-0.1, -0.05) is 74.6 Å². The number of aromatic nitrogens is 2. The topological polar surface area (TPSA) is 96.6 Å². The van der Waals surface area contributed by atoms with Gasteiger partial charge in [-0.25, -0.2) is 9.78 Å². The monoisotopic (exact) mass is 555 g/mol. The van der Waals surface area contributed by atoms with Crippen LogP contribution in [0.5, 0.6) is 0 Å². The Morgan fingerprint density at radius 1 is 1.15 bits per heavy atom. The second kappa shape index (κ2) is 10.2. The number of carbonyl (C=O) groups is 1. The average Bonchev–Trinajstić information content (AvgIpc) is 3.31. The standard InChI is InChI=1S/C32H37N3O4Si/c1-4-32(38)26-16-27-29(30(36)25(26)19-39-31(32)37)35-18-24-22(11-8-12-23(24)15-28(35)34-27)13-14-40(2,3)20-33-17-21-9-6-5-7-10-21/h5-12,15,33,36,38H,4,13-14,16-20H2,1-3H3/t32-/m0/s1. The van der Waals surface area contributed by atoms with Crippen molar-refractivity contribution in [1.29, 1.82) is 0 Å². The minimum atomic E-state index is -1.73. The molecule has 1 atom stereocenters. The normalized spacial score (nSPS) is 19.8. The van der Waals surface area contributed by atoms with Crippen molar-refractivity contribution >= 4 is 25.9 Å². The predicted octanol–water partition coefficient (Wildman–Crippen LogP) is 2.87. The first-order valence-corrected chi connectivity index (χ1v) is 17.6. The number of rotatable bonds is 8. The number of carbonyl (C=O) groups excluding carboxylic acids is 1. The predicted molar refractivity (Wildman–Crippen MR) is 158 cm³/mol. The molecule has 2 aliphatic heterocycles. The maximum Gasteiger partial charge on any atom is 0.342 e. The minimum absolute atomic E-state index is 0.0359. The molecular formula is C32H37N3O4Si. The number of benzene rings is 2. The Morgan fingerprint density at radius 3 is 2.73 bits per heavy atom. The van der Waals surface area contributed by atoms with E-state index in [-0.39, 0.29) is 18.8 Å². The van der Waals surface area contributed by atoms with Crippen LogP contribution in [0.15, 0.2) is 59.7 Å². The van der Waals surface area contributed by atoms with Gasteiger partial charge in [-0.15, -0.1) is 0 Å². The van der Waals surface area contributed by atoms with Crippen LogP contribution >= 0.6 is 0 Å². The molecule has 6 rings (SSSR count). The van der Waals surface area contributed by atoms with E-state index in [9.17, 15) is 15.0 Å². The lowest BCUT2D eigenvalue weighted by Gasteiger charge is -2.35. The molecule has 3 heterocycles. The van der Waals surface area contributed by atoms with E-state index in [0.29, 0.717) is 35.2 Å². The molecule has 3 N–H and O–H groups in total. The van der Waals surface area contributed by atoms with Crippen LogP contribution in [0.3, 0.4) is 0 Å². The molecule has 0 unspecified atom stereocenters. The van der Waals surface area contributed by atoms with Gasteiger partial charge in [-0.3, -0.25) is 0 Å². The van der Waals surface area contributed by atoms with Crippen molar-refractivity contribution < 1.29 is 19.7 Å². The number of esters is 1. The fraction of sp³-hybridized carbons (Fsp3) is 0.375. The highest BCUT2D eigenvalue weighted by Gasteiger charge is 2.47. The van der Waals surface area contributed by atoms with Crippen molar-refractivity contribution in [2.75, 3.05) is 12.8 Å². The quantitative estimate of drug-likeness (QED) is 0.229. The number of hydrogen-bond acceptors (Lipinski definition) is 6. The van der Waals surface area contributed by atoms with Crippen LogP contribution in [0.1, 0.15) is 41.3 Å². The van der Waals surface area contributed by atoms with E-state index in [1.54, 1.807) is 6.92 Å². The van der Waals surface area contributed by atoms with Crippen LogP contribution in [-0.4, -0.2) is 52.2 Å². The molecule has 0 spiro atoms. The van der Waals surface area contributed by atoms with Gasteiger partial charge >= 0.3 is 5.97 Å². The van der Waals surface area contributed by atoms with Gasteiger partial charge in [0.1, 0.15) is 23.2 Å². The molecular weight excluding hydrogens is 518 g/mol. The van der Waals surface area contributed by atoms with E-state index in [1.165, 1.54) is 22.7 Å². The zero-order valence-electron chi connectivity index (χ0n) is 23.5. The summed E-state index contributed by atoms with van der Waals surface area (Å²) in [6.07, 6.45) is 4.67. The highest BCUT2D eigenvalue weighted by Crippen LogP contribution is 2.36. The first-order chi connectivity index (χ1) is 19.2. The van der Waals surface area contributed by atoms with Gasteiger partial charge in [-0.05, 0) is 52.9 Å².